The lowest BCUT2D eigenvalue weighted by molar-refractivity contribution is -0.907. The van der Waals surface area contributed by atoms with Gasteiger partial charge in [0.1, 0.15) is 0 Å². The third-order valence-corrected chi connectivity index (χ3v) is 7.34. The molecule has 0 spiro atoms. The molecular formula is C30H40F3N6O2+. The number of amides is 1. The maximum absolute atomic E-state index is 13.4. The molecule has 2 atom stereocenters. The number of nitrogens with zero attached hydrogens (tertiary/aromatic N) is 2. The maximum atomic E-state index is 13.4. The van der Waals surface area contributed by atoms with Gasteiger partial charge in [0.25, 0.3) is 0 Å². The first-order valence-corrected chi connectivity index (χ1v) is 13.8. The molecule has 3 aromatic rings. The molecule has 1 unspecified atom stereocenters. The number of halogens is 3. The zero-order valence-corrected chi connectivity index (χ0v) is 23.4. The number of hydrogen-bond acceptors (Lipinski definition) is 6. The smallest absolute Gasteiger partial charge is 0.345 e. The van der Waals surface area contributed by atoms with E-state index in [9.17, 15) is 22.8 Å². The Hall–Kier alpha value is -3.38. The van der Waals surface area contributed by atoms with Gasteiger partial charge in [-0.3, -0.25) is 14.6 Å². The van der Waals surface area contributed by atoms with E-state index in [-0.39, 0.29) is 18.6 Å². The number of carbonyl (C=O) groups is 2. The van der Waals surface area contributed by atoms with Gasteiger partial charge in [-0.15, -0.1) is 0 Å². The second kappa shape index (κ2) is 14.5. The average Bonchev–Trinajstić information content (AvgIpc) is 2.92. The Labute approximate surface area is 238 Å². The van der Waals surface area contributed by atoms with Gasteiger partial charge in [-0.2, -0.15) is 13.2 Å². The van der Waals surface area contributed by atoms with Gasteiger partial charge in [-0.1, -0.05) is 30.3 Å². The molecule has 3 rings (SSSR count). The highest BCUT2D eigenvalue weighted by Gasteiger charge is 2.30. The second-order valence-corrected chi connectivity index (χ2v) is 10.8. The minimum absolute atomic E-state index is 0.00728. The Bertz CT molecular complexity index is 1290. The second-order valence-electron chi connectivity index (χ2n) is 10.8. The van der Waals surface area contributed by atoms with Crippen LogP contribution in [0.25, 0.3) is 10.9 Å². The number of aromatic nitrogens is 1. The molecule has 8 nitrogen and oxygen atoms in total. The summed E-state index contributed by atoms with van der Waals surface area (Å²) in [5.74, 6) is -0.781. The van der Waals surface area contributed by atoms with Crippen LogP contribution in [0.5, 0.6) is 0 Å². The highest BCUT2D eigenvalue weighted by Crippen LogP contribution is 2.29. The number of nitrogens with two attached hydrogens (primary N) is 3. The molecule has 1 amide bonds. The molecule has 41 heavy (non-hydrogen) atoms. The van der Waals surface area contributed by atoms with Crippen molar-refractivity contribution in [3.8, 4) is 0 Å². The number of alkyl halides is 3. The number of ketones is 1. The third kappa shape index (κ3) is 9.60. The summed E-state index contributed by atoms with van der Waals surface area (Å²) in [4.78, 5) is 30.9. The van der Waals surface area contributed by atoms with Crippen molar-refractivity contribution in [3.63, 3.8) is 0 Å². The molecule has 0 aliphatic heterocycles. The zero-order chi connectivity index (χ0) is 30.0. The van der Waals surface area contributed by atoms with E-state index < -0.39 is 29.7 Å². The SMILES string of the molecule is C[N+](CCN)(CCN)CCCC(N)C(=O)N[C@@H](Cc1ccc(C(F)(F)F)cc1)C(=O)Cc1cnc2ccccc2c1. The molecule has 0 aliphatic rings. The minimum Gasteiger partial charge on any atom is -0.345 e. The molecule has 0 aliphatic carbocycles. The van der Waals surface area contributed by atoms with Crippen molar-refractivity contribution < 1.29 is 27.2 Å². The first-order valence-electron chi connectivity index (χ1n) is 13.8. The summed E-state index contributed by atoms with van der Waals surface area (Å²) in [6.45, 7) is 3.29. The molecule has 7 N–H and O–H groups in total. The molecule has 1 heterocycles. The molecular weight excluding hydrogens is 533 g/mol. The van der Waals surface area contributed by atoms with Gasteiger partial charge in [0.15, 0.2) is 5.78 Å². The van der Waals surface area contributed by atoms with Crippen LogP contribution >= 0.6 is 0 Å². The predicted octanol–water partition coefficient (Wildman–Crippen LogP) is 2.56. The molecule has 0 fully saturated rings. The standard InChI is InChI=1S/C30H39F3N6O2/c1-39(15-12-34,16-13-35)14-4-6-25(36)29(41)38-27(18-21-8-10-24(11-9-21)30(31,32)33)28(40)19-22-17-23-5-2-3-7-26(23)37-20-22/h2-3,5,7-11,17,20,25,27H,4,6,12-16,18-19,34-36H2,1H3/p+1/t25?,27-/m0/s1. The fourth-order valence-electron chi connectivity index (χ4n) is 4.91. The fourth-order valence-corrected chi connectivity index (χ4v) is 4.91. The summed E-state index contributed by atoms with van der Waals surface area (Å²) in [6, 6.07) is 12.1. The van der Waals surface area contributed by atoms with Gasteiger partial charge in [0, 0.05) is 31.1 Å². The number of rotatable bonds is 15. The van der Waals surface area contributed by atoms with E-state index in [0.29, 0.717) is 41.5 Å². The summed E-state index contributed by atoms with van der Waals surface area (Å²) in [6.07, 6.45) is -1.79. The Morgan fingerprint density at radius 2 is 1.63 bits per heavy atom. The molecule has 1 aromatic heterocycles. The molecule has 222 valence electrons. The number of fused-ring (bicyclic) bond motifs is 1. The summed E-state index contributed by atoms with van der Waals surface area (Å²) in [7, 11) is 2.06. The number of pyridine rings is 1. The predicted molar refractivity (Wildman–Crippen MR) is 154 cm³/mol. The Balaban J connectivity index is 1.72. The topological polar surface area (TPSA) is 137 Å². The largest absolute Gasteiger partial charge is 0.416 e. The van der Waals surface area contributed by atoms with Crippen LogP contribution in [0.1, 0.15) is 29.5 Å². The Kier molecular flexibility index (Phi) is 11.4. The van der Waals surface area contributed by atoms with E-state index in [1.807, 2.05) is 30.3 Å². The summed E-state index contributed by atoms with van der Waals surface area (Å²) in [5, 5.41) is 3.64. The summed E-state index contributed by atoms with van der Waals surface area (Å²) in [5.41, 5.74) is 18.9. The zero-order valence-electron chi connectivity index (χ0n) is 23.4. The van der Waals surface area contributed by atoms with E-state index >= 15 is 0 Å². The number of nitrogens with one attached hydrogen (secondary N) is 1. The minimum atomic E-state index is -4.47. The van der Waals surface area contributed by atoms with Crippen LogP contribution in [0.4, 0.5) is 13.2 Å². The maximum Gasteiger partial charge on any atom is 0.416 e. The van der Waals surface area contributed by atoms with Gasteiger partial charge in [0.05, 0.1) is 49.8 Å². The van der Waals surface area contributed by atoms with Crippen molar-refractivity contribution in [2.45, 2.75) is 43.9 Å². The highest BCUT2D eigenvalue weighted by atomic mass is 19.4. The van der Waals surface area contributed by atoms with Gasteiger partial charge < -0.3 is 27.0 Å². The van der Waals surface area contributed by atoms with Crippen LogP contribution in [-0.4, -0.2) is 73.0 Å². The van der Waals surface area contributed by atoms with Crippen molar-refractivity contribution in [2.24, 2.45) is 17.2 Å². The van der Waals surface area contributed by atoms with E-state index in [0.717, 1.165) is 42.7 Å². The van der Waals surface area contributed by atoms with Crippen LogP contribution < -0.4 is 22.5 Å². The number of benzene rings is 2. The number of para-hydroxylation sites is 1. The first kappa shape index (κ1) is 32.1. The number of carbonyl (C=O) groups excluding carboxylic acids is 2. The summed E-state index contributed by atoms with van der Waals surface area (Å²) < 4.78 is 39.8. The van der Waals surface area contributed by atoms with Crippen molar-refractivity contribution in [1.29, 1.82) is 0 Å². The lowest BCUT2D eigenvalue weighted by Crippen LogP contribution is -2.52. The van der Waals surface area contributed by atoms with E-state index in [1.165, 1.54) is 12.1 Å². The number of quaternary nitrogens is 1. The van der Waals surface area contributed by atoms with Crippen molar-refractivity contribution in [2.75, 3.05) is 39.8 Å². The van der Waals surface area contributed by atoms with Crippen molar-refractivity contribution >= 4 is 22.6 Å². The fraction of sp³-hybridized carbons (Fsp3) is 0.433. The molecule has 0 saturated carbocycles. The average molecular weight is 574 g/mol. The lowest BCUT2D eigenvalue weighted by atomic mass is 9.96. The third-order valence-electron chi connectivity index (χ3n) is 7.34. The van der Waals surface area contributed by atoms with Crippen LogP contribution in [0.2, 0.25) is 0 Å². The molecule has 0 bridgehead atoms. The number of hydrogen-bond donors (Lipinski definition) is 4. The summed E-state index contributed by atoms with van der Waals surface area (Å²) >= 11 is 0. The van der Waals surface area contributed by atoms with Crippen molar-refractivity contribution in [3.05, 3.63) is 77.5 Å². The number of Topliss-reactive ketones (excluding diaryl/α,β-unsaturated/α-hetero) is 1. The van der Waals surface area contributed by atoms with Gasteiger partial charge in [-0.05, 0) is 54.7 Å². The van der Waals surface area contributed by atoms with Crippen molar-refractivity contribution in [1.82, 2.24) is 10.3 Å². The molecule has 2 aromatic carbocycles. The Morgan fingerprint density at radius 1 is 0.976 bits per heavy atom. The quantitative estimate of drug-likeness (QED) is 0.206. The van der Waals surface area contributed by atoms with Crippen LogP contribution in [0.15, 0.2) is 60.8 Å². The van der Waals surface area contributed by atoms with Crippen LogP contribution in [0.3, 0.4) is 0 Å². The van der Waals surface area contributed by atoms with Gasteiger partial charge in [-0.25, -0.2) is 0 Å². The van der Waals surface area contributed by atoms with E-state index in [1.54, 1.807) is 6.20 Å². The van der Waals surface area contributed by atoms with Gasteiger partial charge in [0.2, 0.25) is 5.91 Å². The highest BCUT2D eigenvalue weighted by molar-refractivity contribution is 5.92. The lowest BCUT2D eigenvalue weighted by Gasteiger charge is -2.34. The normalized spacial score (nSPS) is 13.6. The van der Waals surface area contributed by atoms with Crippen LogP contribution in [0, 0.1) is 0 Å². The first-order chi connectivity index (χ1) is 19.4. The monoisotopic (exact) mass is 573 g/mol. The molecule has 11 heteroatoms. The molecule has 0 radical (unpaired) electrons. The van der Waals surface area contributed by atoms with E-state index in [2.05, 4.69) is 17.3 Å². The van der Waals surface area contributed by atoms with Crippen LogP contribution in [-0.2, 0) is 28.6 Å². The Morgan fingerprint density at radius 3 is 2.27 bits per heavy atom. The van der Waals surface area contributed by atoms with E-state index in [4.69, 9.17) is 17.2 Å². The van der Waals surface area contributed by atoms with Gasteiger partial charge >= 0.3 is 6.18 Å². The number of likely N-dealkylation sites (N-methyl/N-ethyl adjacent to an activating group) is 1. The molecule has 0 saturated heterocycles.